The summed E-state index contributed by atoms with van der Waals surface area (Å²) in [6.07, 6.45) is 1.51. The Bertz CT molecular complexity index is 1140. The van der Waals surface area contributed by atoms with Gasteiger partial charge in [0.15, 0.2) is 0 Å². The average molecular weight is 355 g/mol. The summed E-state index contributed by atoms with van der Waals surface area (Å²) in [4.78, 5) is 13.8. The number of H-pyrrole nitrogens is 1. The minimum Gasteiger partial charge on any atom is -0.478 e. The smallest absolute Gasteiger partial charge is 0.335 e. The molecule has 0 aliphatic rings. The van der Waals surface area contributed by atoms with E-state index in [9.17, 15) is 13.2 Å². The molecule has 1 aromatic heterocycles. The van der Waals surface area contributed by atoms with Crippen molar-refractivity contribution in [1.82, 2.24) is 4.98 Å². The number of nitriles is 1. The number of nitrogens with zero attached hydrogens (tertiary/aromatic N) is 1. The Morgan fingerprint density at radius 2 is 2.04 bits per heavy atom. The number of hydrogen-bond acceptors (Lipinski definition) is 4. The number of carboxylic acids is 1. The minimum atomic E-state index is -3.99. The number of nitrogens with one attached hydrogen (secondary N) is 2. The van der Waals surface area contributed by atoms with Gasteiger partial charge in [0.2, 0.25) is 0 Å². The summed E-state index contributed by atoms with van der Waals surface area (Å²) in [6.45, 7) is 1.83. The number of rotatable bonds is 4. The highest BCUT2D eigenvalue weighted by Crippen LogP contribution is 2.30. The second-order valence-electron chi connectivity index (χ2n) is 5.43. The molecule has 0 saturated heterocycles. The van der Waals surface area contributed by atoms with Crippen LogP contribution in [0, 0.1) is 18.3 Å². The summed E-state index contributed by atoms with van der Waals surface area (Å²) in [5.41, 5.74) is 1.91. The Kier molecular flexibility index (Phi) is 3.94. The molecule has 0 aliphatic carbocycles. The van der Waals surface area contributed by atoms with Gasteiger partial charge in [-0.05, 0) is 36.8 Å². The van der Waals surface area contributed by atoms with Crippen molar-refractivity contribution in [2.24, 2.45) is 0 Å². The first kappa shape index (κ1) is 16.5. The molecule has 0 fully saturated rings. The maximum Gasteiger partial charge on any atom is 0.335 e. The highest BCUT2D eigenvalue weighted by atomic mass is 32.2. The Morgan fingerprint density at radius 3 is 2.72 bits per heavy atom. The summed E-state index contributed by atoms with van der Waals surface area (Å²) in [5.74, 6) is -1.21. The van der Waals surface area contributed by atoms with Gasteiger partial charge >= 0.3 is 5.97 Å². The Balaban J connectivity index is 2.08. The van der Waals surface area contributed by atoms with E-state index >= 15 is 0 Å². The van der Waals surface area contributed by atoms with Crippen LogP contribution in [0.4, 0.5) is 5.69 Å². The van der Waals surface area contributed by atoms with Gasteiger partial charge in [0.05, 0.1) is 27.2 Å². The molecule has 0 amide bonds. The van der Waals surface area contributed by atoms with Crippen molar-refractivity contribution in [3.05, 3.63) is 59.3 Å². The van der Waals surface area contributed by atoms with Gasteiger partial charge in [-0.15, -0.1) is 0 Å². The van der Waals surface area contributed by atoms with Crippen molar-refractivity contribution in [3.8, 4) is 6.07 Å². The molecule has 25 heavy (non-hydrogen) atoms. The summed E-state index contributed by atoms with van der Waals surface area (Å²) >= 11 is 0. The molecule has 0 atom stereocenters. The van der Waals surface area contributed by atoms with Gasteiger partial charge in [-0.25, -0.2) is 13.2 Å². The molecule has 0 aliphatic heterocycles. The Labute approximate surface area is 143 Å². The zero-order chi connectivity index (χ0) is 18.2. The van der Waals surface area contributed by atoms with Crippen LogP contribution in [0.1, 0.15) is 21.5 Å². The first-order valence-corrected chi connectivity index (χ1v) is 8.69. The van der Waals surface area contributed by atoms with Crippen LogP contribution in [-0.2, 0) is 10.0 Å². The van der Waals surface area contributed by atoms with E-state index in [1.54, 1.807) is 12.1 Å². The predicted octanol–water partition coefficient (Wildman–Crippen LogP) is 2.85. The van der Waals surface area contributed by atoms with Crippen LogP contribution < -0.4 is 4.72 Å². The van der Waals surface area contributed by atoms with Crippen molar-refractivity contribution >= 4 is 32.6 Å². The number of anilines is 1. The van der Waals surface area contributed by atoms with E-state index in [1.165, 1.54) is 24.4 Å². The lowest BCUT2D eigenvalue weighted by Crippen LogP contribution is -2.14. The van der Waals surface area contributed by atoms with Gasteiger partial charge in [-0.1, -0.05) is 12.1 Å². The van der Waals surface area contributed by atoms with Gasteiger partial charge in [0.1, 0.15) is 6.07 Å². The van der Waals surface area contributed by atoms with Crippen LogP contribution in [0.5, 0.6) is 0 Å². The second kappa shape index (κ2) is 5.96. The van der Waals surface area contributed by atoms with Crippen molar-refractivity contribution in [2.45, 2.75) is 11.8 Å². The van der Waals surface area contributed by atoms with E-state index in [4.69, 9.17) is 10.4 Å². The van der Waals surface area contributed by atoms with Crippen molar-refractivity contribution in [1.29, 1.82) is 5.26 Å². The fourth-order valence-corrected chi connectivity index (χ4v) is 3.71. The first-order valence-electron chi connectivity index (χ1n) is 7.20. The lowest BCUT2D eigenvalue weighted by atomic mass is 10.1. The molecule has 3 N–H and O–H groups in total. The molecule has 0 radical (unpaired) electrons. The Morgan fingerprint density at radius 1 is 1.28 bits per heavy atom. The molecule has 2 aromatic carbocycles. The molecule has 126 valence electrons. The molecular weight excluding hydrogens is 342 g/mol. The SMILES string of the molecule is Cc1ccc(NS(=O)(=O)c2cccc(C(=O)O)c2)c2[nH]cc(C#N)c12. The number of hydrogen-bond donors (Lipinski definition) is 3. The number of aromatic amines is 1. The van der Waals surface area contributed by atoms with E-state index in [1.807, 2.05) is 6.92 Å². The third-order valence-electron chi connectivity index (χ3n) is 3.80. The van der Waals surface area contributed by atoms with Crippen LogP contribution in [0.15, 0.2) is 47.5 Å². The van der Waals surface area contributed by atoms with Crippen molar-refractivity contribution in [3.63, 3.8) is 0 Å². The Hall–Kier alpha value is -3.31. The molecule has 0 bridgehead atoms. The molecule has 8 heteroatoms. The third kappa shape index (κ3) is 2.93. The topological polar surface area (TPSA) is 123 Å². The molecule has 3 aromatic rings. The number of sulfonamides is 1. The van der Waals surface area contributed by atoms with E-state index in [2.05, 4.69) is 15.8 Å². The lowest BCUT2D eigenvalue weighted by Gasteiger charge is -2.10. The molecule has 0 spiro atoms. The van der Waals surface area contributed by atoms with E-state index in [-0.39, 0.29) is 16.1 Å². The highest BCUT2D eigenvalue weighted by molar-refractivity contribution is 7.92. The van der Waals surface area contributed by atoms with Crippen LogP contribution in [0.2, 0.25) is 0 Å². The minimum absolute atomic E-state index is 0.122. The van der Waals surface area contributed by atoms with E-state index in [0.29, 0.717) is 16.5 Å². The van der Waals surface area contributed by atoms with Crippen LogP contribution in [0.3, 0.4) is 0 Å². The van der Waals surface area contributed by atoms with Gasteiger partial charge in [-0.2, -0.15) is 5.26 Å². The third-order valence-corrected chi connectivity index (χ3v) is 5.16. The molecule has 1 heterocycles. The van der Waals surface area contributed by atoms with Crippen molar-refractivity contribution in [2.75, 3.05) is 4.72 Å². The molecule has 3 rings (SSSR count). The second-order valence-corrected chi connectivity index (χ2v) is 7.12. The normalized spacial score (nSPS) is 11.2. The number of carboxylic acid groups (broad SMARTS) is 1. The molecular formula is C17H13N3O4S. The van der Waals surface area contributed by atoms with Gasteiger partial charge in [0, 0.05) is 11.6 Å². The molecule has 0 saturated carbocycles. The number of aryl methyl sites for hydroxylation is 1. The largest absolute Gasteiger partial charge is 0.478 e. The van der Waals surface area contributed by atoms with Gasteiger partial charge < -0.3 is 10.1 Å². The van der Waals surface area contributed by atoms with E-state index in [0.717, 1.165) is 11.6 Å². The predicted molar refractivity (Wildman–Crippen MR) is 92.0 cm³/mol. The number of carbonyl (C=O) groups is 1. The van der Waals surface area contributed by atoms with Crippen LogP contribution in [0.25, 0.3) is 10.9 Å². The van der Waals surface area contributed by atoms with Crippen molar-refractivity contribution < 1.29 is 18.3 Å². The first-order chi connectivity index (χ1) is 11.8. The maximum atomic E-state index is 12.6. The number of aromatic nitrogens is 1. The maximum absolute atomic E-state index is 12.6. The monoisotopic (exact) mass is 355 g/mol. The summed E-state index contributed by atoms with van der Waals surface area (Å²) in [6, 6.07) is 10.4. The lowest BCUT2D eigenvalue weighted by molar-refractivity contribution is 0.0696. The summed E-state index contributed by atoms with van der Waals surface area (Å²) in [7, 11) is -3.99. The average Bonchev–Trinajstić information content (AvgIpc) is 3.02. The zero-order valence-electron chi connectivity index (χ0n) is 13.1. The molecule has 0 unspecified atom stereocenters. The number of benzene rings is 2. The van der Waals surface area contributed by atoms with Crippen LogP contribution in [-0.4, -0.2) is 24.5 Å². The van der Waals surface area contributed by atoms with Gasteiger partial charge in [-0.3, -0.25) is 4.72 Å². The quantitative estimate of drug-likeness (QED) is 0.664. The summed E-state index contributed by atoms with van der Waals surface area (Å²) < 4.78 is 27.6. The fourth-order valence-electron chi connectivity index (χ4n) is 2.59. The standard InChI is InChI=1S/C17H13N3O4S/c1-10-5-6-14(16-15(10)12(8-18)9-19-16)20-25(23,24)13-4-2-3-11(7-13)17(21)22/h2-7,9,19-20H,1H3,(H,21,22). The van der Waals surface area contributed by atoms with Crippen LogP contribution >= 0.6 is 0 Å². The summed E-state index contributed by atoms with van der Waals surface area (Å²) in [5, 5.41) is 18.8. The highest BCUT2D eigenvalue weighted by Gasteiger charge is 2.19. The molecule has 7 nitrogen and oxygen atoms in total. The number of aromatic carboxylic acids is 1. The van der Waals surface area contributed by atoms with Gasteiger partial charge in [0.25, 0.3) is 10.0 Å². The zero-order valence-corrected chi connectivity index (χ0v) is 13.9. The number of fused-ring (bicyclic) bond motifs is 1. The van der Waals surface area contributed by atoms with E-state index < -0.39 is 16.0 Å². The fraction of sp³-hybridized carbons (Fsp3) is 0.0588.